The highest BCUT2D eigenvalue weighted by atomic mass is 32.2. The average molecular weight is 309 g/mol. The van der Waals surface area contributed by atoms with E-state index < -0.39 is 0 Å². The zero-order valence-corrected chi connectivity index (χ0v) is 13.9. The maximum absolute atomic E-state index is 12.2. The third kappa shape index (κ3) is 6.67. The van der Waals surface area contributed by atoms with E-state index in [9.17, 15) is 9.59 Å². The monoisotopic (exact) mass is 309 g/mol. The predicted molar refractivity (Wildman–Crippen MR) is 86.1 cm³/mol. The van der Waals surface area contributed by atoms with Gasteiger partial charge in [-0.3, -0.25) is 9.59 Å². The number of hydrogen-bond acceptors (Lipinski definition) is 4. The van der Waals surface area contributed by atoms with E-state index in [1.54, 1.807) is 11.9 Å². The highest BCUT2D eigenvalue weighted by Gasteiger charge is 2.19. The second-order valence-electron chi connectivity index (χ2n) is 5.17. The van der Waals surface area contributed by atoms with Crippen molar-refractivity contribution < 1.29 is 14.3 Å². The van der Waals surface area contributed by atoms with E-state index in [4.69, 9.17) is 4.74 Å². The molecule has 0 aliphatic rings. The lowest BCUT2D eigenvalue weighted by Crippen LogP contribution is -2.33. The van der Waals surface area contributed by atoms with E-state index >= 15 is 0 Å². The van der Waals surface area contributed by atoms with Gasteiger partial charge in [0.1, 0.15) is 0 Å². The van der Waals surface area contributed by atoms with E-state index in [1.165, 1.54) is 11.8 Å². The van der Waals surface area contributed by atoms with Crippen molar-refractivity contribution in [1.29, 1.82) is 0 Å². The van der Waals surface area contributed by atoms with E-state index in [1.807, 2.05) is 51.1 Å². The van der Waals surface area contributed by atoms with Gasteiger partial charge in [-0.1, -0.05) is 30.3 Å². The molecule has 0 spiro atoms. The molecule has 1 amide bonds. The Balaban J connectivity index is 2.41. The molecular formula is C16H23NO3S. The molecule has 1 atom stereocenters. The van der Waals surface area contributed by atoms with Gasteiger partial charge in [-0.15, -0.1) is 11.8 Å². The molecule has 1 aromatic carbocycles. The van der Waals surface area contributed by atoms with Crippen molar-refractivity contribution in [2.24, 2.45) is 0 Å². The molecule has 0 saturated heterocycles. The fraction of sp³-hybridized carbons (Fsp3) is 0.500. The Labute approximate surface area is 130 Å². The van der Waals surface area contributed by atoms with Crippen molar-refractivity contribution >= 4 is 23.6 Å². The Hall–Kier alpha value is -1.49. The Morgan fingerprint density at radius 1 is 1.19 bits per heavy atom. The number of esters is 1. The van der Waals surface area contributed by atoms with Gasteiger partial charge in [-0.05, 0) is 26.3 Å². The van der Waals surface area contributed by atoms with Crippen LogP contribution in [0.4, 0.5) is 0 Å². The molecule has 0 aromatic heterocycles. The second kappa shape index (κ2) is 8.72. The SMILES string of the molecule is CC(C)OC(=O)CSC(C)C(=O)N(C)Cc1ccccc1. The van der Waals surface area contributed by atoms with Gasteiger partial charge >= 0.3 is 5.97 Å². The lowest BCUT2D eigenvalue weighted by atomic mass is 10.2. The van der Waals surface area contributed by atoms with Crippen LogP contribution in [-0.4, -0.2) is 40.9 Å². The highest BCUT2D eigenvalue weighted by molar-refractivity contribution is 8.01. The van der Waals surface area contributed by atoms with Gasteiger partial charge in [0, 0.05) is 13.6 Å². The molecule has 116 valence electrons. The zero-order chi connectivity index (χ0) is 15.8. The minimum Gasteiger partial charge on any atom is -0.462 e. The number of carbonyl (C=O) groups is 2. The first-order valence-electron chi connectivity index (χ1n) is 7.00. The van der Waals surface area contributed by atoms with Crippen LogP contribution in [0.15, 0.2) is 30.3 Å². The molecule has 0 bridgehead atoms. The fourth-order valence-electron chi connectivity index (χ4n) is 1.81. The molecule has 0 saturated carbocycles. The number of rotatable bonds is 7. The summed E-state index contributed by atoms with van der Waals surface area (Å²) < 4.78 is 5.05. The third-order valence-corrected chi connectivity index (χ3v) is 3.91. The summed E-state index contributed by atoms with van der Waals surface area (Å²) in [5.74, 6) is -0.0638. The number of thioether (sulfide) groups is 1. The third-order valence-electron chi connectivity index (χ3n) is 2.80. The first kappa shape index (κ1) is 17.6. The summed E-state index contributed by atoms with van der Waals surface area (Å²) in [6, 6.07) is 9.83. The average Bonchev–Trinajstić information content (AvgIpc) is 2.44. The van der Waals surface area contributed by atoms with Gasteiger partial charge in [0.15, 0.2) is 0 Å². The van der Waals surface area contributed by atoms with Crippen LogP contribution < -0.4 is 0 Å². The molecule has 1 aromatic rings. The molecule has 0 fully saturated rings. The van der Waals surface area contributed by atoms with Crippen LogP contribution in [0.25, 0.3) is 0 Å². The van der Waals surface area contributed by atoms with E-state index in [0.29, 0.717) is 6.54 Å². The van der Waals surface area contributed by atoms with Gasteiger partial charge in [0.2, 0.25) is 5.91 Å². The maximum Gasteiger partial charge on any atom is 0.316 e. The lowest BCUT2D eigenvalue weighted by Gasteiger charge is -2.21. The first-order chi connectivity index (χ1) is 9.90. The maximum atomic E-state index is 12.2. The van der Waals surface area contributed by atoms with Crippen molar-refractivity contribution in [1.82, 2.24) is 4.90 Å². The summed E-state index contributed by atoms with van der Waals surface area (Å²) in [5.41, 5.74) is 1.09. The largest absolute Gasteiger partial charge is 0.462 e. The lowest BCUT2D eigenvalue weighted by molar-refractivity contribution is -0.144. The highest BCUT2D eigenvalue weighted by Crippen LogP contribution is 2.15. The molecule has 5 heteroatoms. The number of benzene rings is 1. The molecule has 0 heterocycles. The molecular weight excluding hydrogens is 286 g/mol. The van der Waals surface area contributed by atoms with E-state index in [0.717, 1.165) is 5.56 Å². The Bertz CT molecular complexity index is 462. The van der Waals surface area contributed by atoms with Crippen LogP contribution in [-0.2, 0) is 20.9 Å². The van der Waals surface area contributed by atoms with Crippen molar-refractivity contribution in [3.63, 3.8) is 0 Å². The van der Waals surface area contributed by atoms with Gasteiger partial charge in [0.05, 0.1) is 17.1 Å². The minimum absolute atomic E-state index is 0.0150. The van der Waals surface area contributed by atoms with Crippen molar-refractivity contribution in [2.45, 2.75) is 38.7 Å². The van der Waals surface area contributed by atoms with Crippen molar-refractivity contribution in [3.8, 4) is 0 Å². The molecule has 21 heavy (non-hydrogen) atoms. The number of hydrogen-bond donors (Lipinski definition) is 0. The quantitative estimate of drug-likeness (QED) is 0.727. The van der Waals surface area contributed by atoms with Gasteiger partial charge in [-0.25, -0.2) is 0 Å². The van der Waals surface area contributed by atoms with Crippen LogP contribution >= 0.6 is 11.8 Å². The number of ether oxygens (including phenoxy) is 1. The van der Waals surface area contributed by atoms with Crippen LogP contribution in [0.5, 0.6) is 0 Å². The molecule has 0 radical (unpaired) electrons. The molecule has 0 aliphatic heterocycles. The fourth-order valence-corrected chi connectivity index (χ4v) is 2.58. The molecule has 4 nitrogen and oxygen atoms in total. The summed E-state index contributed by atoms with van der Waals surface area (Å²) in [6.45, 7) is 6.01. The molecule has 0 aliphatic carbocycles. The second-order valence-corrected chi connectivity index (χ2v) is 6.50. The number of nitrogens with zero attached hydrogens (tertiary/aromatic N) is 1. The topological polar surface area (TPSA) is 46.6 Å². The summed E-state index contributed by atoms with van der Waals surface area (Å²) in [7, 11) is 1.78. The zero-order valence-electron chi connectivity index (χ0n) is 13.0. The number of amides is 1. The van der Waals surface area contributed by atoms with Crippen LogP contribution in [0.3, 0.4) is 0 Å². The first-order valence-corrected chi connectivity index (χ1v) is 8.05. The minimum atomic E-state index is -0.277. The van der Waals surface area contributed by atoms with Crippen molar-refractivity contribution in [2.75, 3.05) is 12.8 Å². The smallest absolute Gasteiger partial charge is 0.316 e. The molecule has 1 rings (SSSR count). The van der Waals surface area contributed by atoms with Crippen LogP contribution in [0, 0.1) is 0 Å². The standard InChI is InChI=1S/C16H23NO3S/c1-12(2)20-15(18)11-21-13(3)16(19)17(4)10-14-8-6-5-7-9-14/h5-9,12-13H,10-11H2,1-4H3. The van der Waals surface area contributed by atoms with Gasteiger partial charge in [0.25, 0.3) is 0 Å². The summed E-state index contributed by atoms with van der Waals surface area (Å²) in [4.78, 5) is 25.4. The Morgan fingerprint density at radius 2 is 1.81 bits per heavy atom. The summed E-state index contributed by atoms with van der Waals surface area (Å²) >= 11 is 1.31. The molecule has 1 unspecified atom stereocenters. The van der Waals surface area contributed by atoms with Crippen LogP contribution in [0.1, 0.15) is 26.3 Å². The van der Waals surface area contributed by atoms with Crippen molar-refractivity contribution in [3.05, 3.63) is 35.9 Å². The van der Waals surface area contributed by atoms with Gasteiger partial charge < -0.3 is 9.64 Å². The normalized spacial score (nSPS) is 12.0. The van der Waals surface area contributed by atoms with E-state index in [2.05, 4.69) is 0 Å². The summed E-state index contributed by atoms with van der Waals surface area (Å²) in [6.07, 6.45) is -0.120. The predicted octanol–water partition coefficient (Wildman–Crippen LogP) is 2.72. The Kier molecular flexibility index (Phi) is 7.29. The van der Waals surface area contributed by atoms with E-state index in [-0.39, 0.29) is 29.0 Å². The Morgan fingerprint density at radius 3 is 2.38 bits per heavy atom. The van der Waals surface area contributed by atoms with Crippen LogP contribution in [0.2, 0.25) is 0 Å². The summed E-state index contributed by atoms with van der Waals surface area (Å²) in [5, 5.41) is -0.265. The number of carbonyl (C=O) groups excluding carboxylic acids is 2. The molecule has 0 N–H and O–H groups in total. The van der Waals surface area contributed by atoms with Gasteiger partial charge in [-0.2, -0.15) is 0 Å².